The smallest absolute Gasteiger partial charge is 0.221 e. The molecule has 0 atom stereocenters. The zero-order valence-corrected chi connectivity index (χ0v) is 12.9. The van der Waals surface area contributed by atoms with Crippen LogP contribution in [-0.2, 0) is 4.79 Å². The Morgan fingerprint density at radius 2 is 1.75 bits per heavy atom. The highest BCUT2D eigenvalue weighted by Gasteiger charge is 2.07. The zero-order chi connectivity index (χ0) is 14.7. The van der Waals surface area contributed by atoms with Crippen molar-refractivity contribution in [1.82, 2.24) is 0 Å². The van der Waals surface area contributed by atoms with Crippen molar-refractivity contribution < 1.29 is 4.79 Å². The summed E-state index contributed by atoms with van der Waals surface area (Å²) in [6.45, 7) is 1.47. The second kappa shape index (κ2) is 6.39. The van der Waals surface area contributed by atoms with Crippen molar-refractivity contribution >= 4 is 52.2 Å². The molecule has 0 saturated heterocycles. The molecule has 0 unspecified atom stereocenters. The van der Waals surface area contributed by atoms with E-state index >= 15 is 0 Å². The number of amides is 1. The van der Waals surface area contributed by atoms with E-state index < -0.39 is 0 Å². The van der Waals surface area contributed by atoms with Gasteiger partial charge in [-0.1, -0.05) is 35.0 Å². The molecule has 0 heterocycles. The fourth-order valence-electron chi connectivity index (χ4n) is 1.57. The summed E-state index contributed by atoms with van der Waals surface area (Å²) in [7, 11) is 0. The fourth-order valence-corrected chi connectivity index (χ4v) is 2.85. The molecule has 3 N–H and O–H groups in total. The molecule has 2 rings (SSSR count). The number of hydrogen-bond acceptors (Lipinski definition) is 3. The minimum atomic E-state index is -0.0980. The Labute approximate surface area is 131 Å². The third-order valence-corrected chi connectivity index (χ3v) is 4.26. The van der Waals surface area contributed by atoms with E-state index in [1.807, 2.05) is 24.3 Å². The Balaban J connectivity index is 2.18. The van der Waals surface area contributed by atoms with Crippen molar-refractivity contribution in [2.45, 2.75) is 16.7 Å². The first kappa shape index (κ1) is 15.0. The van der Waals surface area contributed by atoms with E-state index in [1.54, 1.807) is 12.1 Å². The van der Waals surface area contributed by atoms with Crippen molar-refractivity contribution in [2.75, 3.05) is 11.1 Å². The number of hydrogen-bond donors (Lipinski definition) is 2. The van der Waals surface area contributed by atoms with Crippen LogP contribution in [0.2, 0.25) is 10.0 Å². The maximum Gasteiger partial charge on any atom is 0.221 e. The van der Waals surface area contributed by atoms with E-state index in [4.69, 9.17) is 28.9 Å². The molecule has 0 saturated carbocycles. The number of carbonyl (C=O) groups excluding carboxylic acids is 1. The minimum Gasteiger partial charge on any atom is -0.398 e. The first-order chi connectivity index (χ1) is 9.45. The van der Waals surface area contributed by atoms with Crippen LogP contribution in [0.25, 0.3) is 0 Å². The number of rotatable bonds is 3. The third kappa shape index (κ3) is 3.82. The number of nitrogen functional groups attached to an aromatic ring is 1. The summed E-state index contributed by atoms with van der Waals surface area (Å²) in [6, 6.07) is 10.8. The molecular formula is C14H12Cl2N2OS. The number of halogens is 2. The van der Waals surface area contributed by atoms with Crippen molar-refractivity contribution in [3.8, 4) is 0 Å². The molecule has 104 valence electrons. The van der Waals surface area contributed by atoms with Gasteiger partial charge in [0.2, 0.25) is 5.91 Å². The predicted octanol–water partition coefficient (Wildman–Crippen LogP) is 4.69. The van der Waals surface area contributed by atoms with Crippen molar-refractivity contribution in [2.24, 2.45) is 0 Å². The number of anilines is 2. The molecule has 0 aliphatic carbocycles. The van der Waals surface area contributed by atoms with Crippen LogP contribution in [0.3, 0.4) is 0 Å². The lowest BCUT2D eigenvalue weighted by molar-refractivity contribution is -0.114. The number of nitrogens with two attached hydrogens (primary N) is 1. The molecule has 0 spiro atoms. The molecule has 0 aliphatic rings. The number of nitrogens with one attached hydrogen (secondary N) is 1. The van der Waals surface area contributed by atoms with Gasteiger partial charge < -0.3 is 11.1 Å². The van der Waals surface area contributed by atoms with E-state index in [1.165, 1.54) is 18.7 Å². The van der Waals surface area contributed by atoms with E-state index in [9.17, 15) is 4.79 Å². The van der Waals surface area contributed by atoms with Crippen LogP contribution < -0.4 is 11.1 Å². The highest BCUT2D eigenvalue weighted by Crippen LogP contribution is 2.37. The van der Waals surface area contributed by atoms with Gasteiger partial charge in [-0.2, -0.15) is 0 Å². The Kier molecular flexibility index (Phi) is 4.81. The maximum atomic E-state index is 10.9. The molecule has 0 radical (unpaired) electrons. The quantitative estimate of drug-likeness (QED) is 0.805. The molecule has 0 fully saturated rings. The number of benzene rings is 2. The lowest BCUT2D eigenvalue weighted by Crippen LogP contribution is -2.05. The van der Waals surface area contributed by atoms with Gasteiger partial charge in [0.15, 0.2) is 0 Å². The Hall–Kier alpha value is -1.36. The normalized spacial score (nSPS) is 10.3. The van der Waals surface area contributed by atoms with Gasteiger partial charge in [-0.15, -0.1) is 0 Å². The van der Waals surface area contributed by atoms with Gasteiger partial charge in [-0.3, -0.25) is 4.79 Å². The Morgan fingerprint density at radius 1 is 1.15 bits per heavy atom. The van der Waals surface area contributed by atoms with Gasteiger partial charge in [0.25, 0.3) is 0 Å². The Bertz CT molecular complexity index is 644. The van der Waals surface area contributed by atoms with Gasteiger partial charge >= 0.3 is 0 Å². The largest absolute Gasteiger partial charge is 0.398 e. The van der Waals surface area contributed by atoms with E-state index in [0.29, 0.717) is 15.7 Å². The van der Waals surface area contributed by atoms with Crippen LogP contribution in [0, 0.1) is 0 Å². The van der Waals surface area contributed by atoms with Crippen LogP contribution in [0.15, 0.2) is 46.2 Å². The maximum absolute atomic E-state index is 10.9. The molecular weight excluding hydrogens is 315 g/mol. The summed E-state index contributed by atoms with van der Waals surface area (Å²) in [5.74, 6) is -0.0980. The average molecular weight is 327 g/mol. The van der Waals surface area contributed by atoms with E-state index in [0.717, 1.165) is 15.5 Å². The molecule has 0 aromatic heterocycles. The van der Waals surface area contributed by atoms with Crippen LogP contribution in [0.4, 0.5) is 11.4 Å². The van der Waals surface area contributed by atoms with E-state index in [2.05, 4.69) is 5.32 Å². The predicted molar refractivity (Wildman–Crippen MR) is 85.7 cm³/mol. The highest BCUT2D eigenvalue weighted by molar-refractivity contribution is 7.99. The third-order valence-electron chi connectivity index (χ3n) is 2.46. The molecule has 3 nitrogen and oxygen atoms in total. The monoisotopic (exact) mass is 326 g/mol. The van der Waals surface area contributed by atoms with Crippen LogP contribution in [0.5, 0.6) is 0 Å². The molecule has 6 heteroatoms. The summed E-state index contributed by atoms with van der Waals surface area (Å²) >= 11 is 13.4. The van der Waals surface area contributed by atoms with E-state index in [-0.39, 0.29) is 5.91 Å². The fraction of sp³-hybridized carbons (Fsp3) is 0.0714. The molecule has 2 aromatic rings. The SMILES string of the molecule is CC(=O)Nc1ccc(Sc2cc(Cl)c(Cl)cc2N)cc1. The second-order valence-electron chi connectivity index (χ2n) is 4.11. The molecule has 0 bridgehead atoms. The molecule has 1 amide bonds. The summed E-state index contributed by atoms with van der Waals surface area (Å²) in [4.78, 5) is 12.8. The molecule has 0 aliphatic heterocycles. The first-order valence-corrected chi connectivity index (χ1v) is 7.33. The number of carbonyl (C=O) groups is 1. The van der Waals surface area contributed by atoms with Crippen molar-refractivity contribution in [3.63, 3.8) is 0 Å². The van der Waals surface area contributed by atoms with Gasteiger partial charge in [0.1, 0.15) is 0 Å². The lowest BCUT2D eigenvalue weighted by Gasteiger charge is -2.08. The summed E-state index contributed by atoms with van der Waals surface area (Å²) in [5.41, 5.74) is 7.25. The molecule has 2 aromatic carbocycles. The second-order valence-corrected chi connectivity index (χ2v) is 6.04. The van der Waals surface area contributed by atoms with Gasteiger partial charge in [-0.25, -0.2) is 0 Å². The molecule has 20 heavy (non-hydrogen) atoms. The van der Waals surface area contributed by atoms with Crippen LogP contribution in [-0.4, -0.2) is 5.91 Å². The Morgan fingerprint density at radius 3 is 2.35 bits per heavy atom. The minimum absolute atomic E-state index is 0.0980. The standard InChI is InChI=1S/C14H12Cl2N2OS/c1-8(19)18-9-2-4-10(5-3-9)20-14-7-12(16)11(15)6-13(14)17/h2-7H,17H2,1H3,(H,18,19). The lowest BCUT2D eigenvalue weighted by atomic mass is 10.3. The highest BCUT2D eigenvalue weighted by atomic mass is 35.5. The zero-order valence-electron chi connectivity index (χ0n) is 10.6. The van der Waals surface area contributed by atoms with Crippen LogP contribution >= 0.6 is 35.0 Å². The average Bonchev–Trinajstić information content (AvgIpc) is 2.37. The topological polar surface area (TPSA) is 55.1 Å². The van der Waals surface area contributed by atoms with Gasteiger partial charge in [-0.05, 0) is 36.4 Å². The van der Waals surface area contributed by atoms with Crippen molar-refractivity contribution in [1.29, 1.82) is 0 Å². The van der Waals surface area contributed by atoms with Crippen LogP contribution in [0.1, 0.15) is 6.92 Å². The van der Waals surface area contributed by atoms with Gasteiger partial charge in [0, 0.05) is 28.1 Å². The van der Waals surface area contributed by atoms with Gasteiger partial charge in [0.05, 0.1) is 10.0 Å². The summed E-state index contributed by atoms with van der Waals surface area (Å²) < 4.78 is 0. The summed E-state index contributed by atoms with van der Waals surface area (Å²) in [5, 5.41) is 3.62. The van der Waals surface area contributed by atoms with Crippen molar-refractivity contribution in [3.05, 3.63) is 46.4 Å². The first-order valence-electron chi connectivity index (χ1n) is 5.76. The summed E-state index contributed by atoms with van der Waals surface area (Å²) in [6.07, 6.45) is 0.